The van der Waals surface area contributed by atoms with Crippen molar-refractivity contribution in [1.29, 1.82) is 0 Å². The van der Waals surface area contributed by atoms with Crippen molar-refractivity contribution in [2.75, 3.05) is 0 Å². The second kappa shape index (κ2) is 9.85. The van der Waals surface area contributed by atoms with Crippen molar-refractivity contribution in [3.63, 3.8) is 0 Å². The number of nitrogens with two attached hydrogens (primary N) is 1. The van der Waals surface area contributed by atoms with E-state index in [1.807, 2.05) is 17.7 Å². The van der Waals surface area contributed by atoms with E-state index in [2.05, 4.69) is 36.0 Å². The molecule has 0 amide bonds. The van der Waals surface area contributed by atoms with Gasteiger partial charge in [-0.1, -0.05) is 74.6 Å². The summed E-state index contributed by atoms with van der Waals surface area (Å²) in [5, 5.41) is 0. The fraction of sp³-hybridized carbons (Fsp3) is 0.350. The van der Waals surface area contributed by atoms with Crippen molar-refractivity contribution in [3.8, 4) is 11.1 Å². The molecule has 0 spiro atoms. The van der Waals surface area contributed by atoms with Gasteiger partial charge in [0.25, 0.3) is 0 Å². The molecule has 2 aromatic carbocycles. The van der Waals surface area contributed by atoms with Crippen LogP contribution >= 0.6 is 0 Å². The number of carbonyl (C=O) groups excluding carboxylic acids is 1. The normalized spacial score (nSPS) is 10.6. The van der Waals surface area contributed by atoms with Gasteiger partial charge in [0, 0.05) is 0 Å². The minimum absolute atomic E-state index is 0.459. The van der Waals surface area contributed by atoms with E-state index in [9.17, 15) is 4.79 Å². The standard InChI is InChI=1S/C20H26N2O2/c1-2-3-4-5-6-7-16-8-10-17(11-9-16)18-12-14-19(15-13-18)20(23)24-22-21/h8-15,22H,2-7,21H2,1H3. The molecular formula is C20H26N2O2. The summed E-state index contributed by atoms with van der Waals surface area (Å²) in [4.78, 5) is 16.1. The third kappa shape index (κ3) is 5.48. The van der Waals surface area contributed by atoms with Crippen LogP contribution in [0, 0.1) is 0 Å². The third-order valence-electron chi connectivity index (χ3n) is 4.13. The SMILES string of the molecule is CCCCCCCc1ccc(-c2ccc(C(=O)ONN)cc2)cc1. The second-order valence-electron chi connectivity index (χ2n) is 5.95. The zero-order valence-corrected chi connectivity index (χ0v) is 14.3. The maximum Gasteiger partial charge on any atom is 0.357 e. The van der Waals surface area contributed by atoms with Gasteiger partial charge < -0.3 is 4.84 Å². The van der Waals surface area contributed by atoms with Gasteiger partial charge in [-0.2, -0.15) is 0 Å². The van der Waals surface area contributed by atoms with Crippen molar-refractivity contribution < 1.29 is 9.63 Å². The van der Waals surface area contributed by atoms with E-state index in [-0.39, 0.29) is 0 Å². The lowest BCUT2D eigenvalue weighted by Crippen LogP contribution is -2.26. The summed E-state index contributed by atoms with van der Waals surface area (Å²) >= 11 is 0. The molecule has 0 aromatic heterocycles. The Kier molecular flexibility index (Phi) is 7.46. The zero-order valence-electron chi connectivity index (χ0n) is 14.3. The summed E-state index contributed by atoms with van der Waals surface area (Å²) in [6, 6.07) is 15.9. The van der Waals surface area contributed by atoms with Crippen LogP contribution in [0.1, 0.15) is 54.9 Å². The van der Waals surface area contributed by atoms with E-state index >= 15 is 0 Å². The Morgan fingerprint density at radius 1 is 0.917 bits per heavy atom. The Morgan fingerprint density at radius 2 is 1.50 bits per heavy atom. The Morgan fingerprint density at radius 3 is 2.08 bits per heavy atom. The molecule has 0 saturated heterocycles. The molecule has 0 aliphatic rings. The summed E-state index contributed by atoms with van der Waals surface area (Å²) in [6.07, 6.45) is 7.66. The van der Waals surface area contributed by atoms with Gasteiger partial charge in [0.2, 0.25) is 0 Å². The zero-order chi connectivity index (χ0) is 17.2. The number of aryl methyl sites for hydroxylation is 1. The van der Waals surface area contributed by atoms with E-state index in [4.69, 9.17) is 5.84 Å². The molecule has 4 nitrogen and oxygen atoms in total. The first-order valence-corrected chi connectivity index (χ1v) is 8.60. The lowest BCUT2D eigenvalue weighted by atomic mass is 10.00. The van der Waals surface area contributed by atoms with Gasteiger partial charge in [0.1, 0.15) is 0 Å². The number of hydrogen-bond donors (Lipinski definition) is 2. The van der Waals surface area contributed by atoms with Gasteiger partial charge in [0.15, 0.2) is 0 Å². The van der Waals surface area contributed by atoms with Crippen molar-refractivity contribution in [2.45, 2.75) is 45.4 Å². The molecule has 0 fully saturated rings. The molecule has 4 heteroatoms. The van der Waals surface area contributed by atoms with Crippen LogP contribution in [-0.2, 0) is 11.3 Å². The first-order valence-electron chi connectivity index (χ1n) is 8.60. The highest BCUT2D eigenvalue weighted by atomic mass is 16.7. The molecule has 0 unspecified atom stereocenters. The number of benzene rings is 2. The van der Waals surface area contributed by atoms with E-state index in [0.29, 0.717) is 5.56 Å². The molecule has 0 saturated carbocycles. The van der Waals surface area contributed by atoms with Gasteiger partial charge in [-0.25, -0.2) is 10.6 Å². The molecule has 24 heavy (non-hydrogen) atoms. The van der Waals surface area contributed by atoms with Crippen LogP contribution in [-0.4, -0.2) is 5.97 Å². The minimum atomic E-state index is -0.498. The fourth-order valence-electron chi connectivity index (χ4n) is 2.71. The number of unbranched alkanes of at least 4 members (excludes halogenated alkanes) is 4. The van der Waals surface area contributed by atoms with Crippen LogP contribution in [0.25, 0.3) is 11.1 Å². The van der Waals surface area contributed by atoms with Crippen LogP contribution in [0.15, 0.2) is 48.5 Å². The van der Waals surface area contributed by atoms with E-state index in [1.165, 1.54) is 37.7 Å². The number of nitrogens with one attached hydrogen (secondary N) is 1. The predicted molar refractivity (Wildman–Crippen MR) is 97.1 cm³/mol. The monoisotopic (exact) mass is 326 g/mol. The molecule has 2 aromatic rings. The summed E-state index contributed by atoms with van der Waals surface area (Å²) in [5.41, 5.74) is 5.95. The molecule has 0 bridgehead atoms. The van der Waals surface area contributed by atoms with Gasteiger partial charge in [-0.05, 0) is 41.7 Å². The molecular weight excluding hydrogens is 300 g/mol. The van der Waals surface area contributed by atoms with Gasteiger partial charge in [0.05, 0.1) is 5.56 Å². The summed E-state index contributed by atoms with van der Waals surface area (Å²) in [7, 11) is 0. The van der Waals surface area contributed by atoms with Gasteiger partial charge in [-0.15, -0.1) is 0 Å². The number of hydrogen-bond acceptors (Lipinski definition) is 4. The van der Waals surface area contributed by atoms with Crippen molar-refractivity contribution in [2.24, 2.45) is 5.84 Å². The fourth-order valence-corrected chi connectivity index (χ4v) is 2.71. The van der Waals surface area contributed by atoms with E-state index in [1.54, 1.807) is 12.1 Å². The van der Waals surface area contributed by atoms with Crippen LogP contribution in [0.2, 0.25) is 0 Å². The molecule has 0 heterocycles. The van der Waals surface area contributed by atoms with Crippen LogP contribution < -0.4 is 11.4 Å². The Hall–Kier alpha value is -2.17. The lowest BCUT2D eigenvalue weighted by Gasteiger charge is -2.06. The van der Waals surface area contributed by atoms with Crippen molar-refractivity contribution >= 4 is 5.97 Å². The topological polar surface area (TPSA) is 64.3 Å². The molecule has 0 atom stereocenters. The van der Waals surface area contributed by atoms with Crippen LogP contribution in [0.5, 0.6) is 0 Å². The first-order chi connectivity index (χ1) is 11.7. The lowest BCUT2D eigenvalue weighted by molar-refractivity contribution is 0.0254. The summed E-state index contributed by atoms with van der Waals surface area (Å²) in [5.74, 6) is 4.47. The van der Waals surface area contributed by atoms with Crippen LogP contribution in [0.3, 0.4) is 0 Å². The molecule has 0 aliphatic carbocycles. The van der Waals surface area contributed by atoms with E-state index in [0.717, 1.165) is 17.5 Å². The summed E-state index contributed by atoms with van der Waals surface area (Å²) in [6.45, 7) is 2.24. The molecule has 0 radical (unpaired) electrons. The molecule has 3 N–H and O–H groups in total. The Bertz CT molecular complexity index is 621. The number of carbonyl (C=O) groups is 1. The number of hydrazine groups is 1. The minimum Gasteiger partial charge on any atom is -0.351 e. The third-order valence-corrected chi connectivity index (χ3v) is 4.13. The maximum atomic E-state index is 11.5. The highest BCUT2D eigenvalue weighted by Crippen LogP contribution is 2.21. The average Bonchev–Trinajstić information content (AvgIpc) is 2.62. The average molecular weight is 326 g/mol. The second-order valence-corrected chi connectivity index (χ2v) is 5.95. The Balaban J connectivity index is 1.91. The first kappa shape index (κ1) is 18.2. The molecule has 128 valence electrons. The molecule has 0 aliphatic heterocycles. The predicted octanol–water partition coefficient (Wildman–Crippen LogP) is 4.40. The number of rotatable bonds is 9. The van der Waals surface area contributed by atoms with Crippen LogP contribution in [0.4, 0.5) is 0 Å². The van der Waals surface area contributed by atoms with E-state index < -0.39 is 5.97 Å². The van der Waals surface area contributed by atoms with Gasteiger partial charge >= 0.3 is 5.97 Å². The quantitative estimate of drug-likeness (QED) is 0.407. The van der Waals surface area contributed by atoms with Crippen molar-refractivity contribution in [1.82, 2.24) is 5.59 Å². The van der Waals surface area contributed by atoms with Gasteiger partial charge in [-0.3, -0.25) is 0 Å². The highest BCUT2D eigenvalue weighted by molar-refractivity contribution is 5.89. The Labute approximate surface area is 143 Å². The highest BCUT2D eigenvalue weighted by Gasteiger charge is 2.07. The summed E-state index contributed by atoms with van der Waals surface area (Å²) < 4.78 is 0. The molecule has 2 rings (SSSR count). The van der Waals surface area contributed by atoms with Crippen molar-refractivity contribution in [3.05, 3.63) is 59.7 Å². The maximum absolute atomic E-state index is 11.5. The smallest absolute Gasteiger partial charge is 0.351 e. The largest absolute Gasteiger partial charge is 0.357 e.